The molecule has 36 heavy (non-hydrogen) atoms. The number of aliphatic hydroxyl groups is 1. The molecule has 2 aliphatic rings. The van der Waals surface area contributed by atoms with Gasteiger partial charge in [0.25, 0.3) is 11.7 Å². The van der Waals surface area contributed by atoms with Crippen LogP contribution in [0.5, 0.6) is 11.5 Å². The molecule has 2 heterocycles. The summed E-state index contributed by atoms with van der Waals surface area (Å²) in [7, 11) is 0. The zero-order valence-electron chi connectivity index (χ0n) is 20.7. The summed E-state index contributed by atoms with van der Waals surface area (Å²) in [5, 5.41) is 11.4. The van der Waals surface area contributed by atoms with E-state index in [0.717, 1.165) is 23.3 Å². The first-order chi connectivity index (χ1) is 17.3. The Kier molecular flexibility index (Phi) is 6.27. The van der Waals surface area contributed by atoms with Crippen LogP contribution in [-0.2, 0) is 16.0 Å². The third-order valence-electron chi connectivity index (χ3n) is 6.47. The number of rotatable bonds is 6. The number of carbonyl (C=O) groups is 2. The maximum Gasteiger partial charge on any atom is 0.300 e. The van der Waals surface area contributed by atoms with Gasteiger partial charge in [0.2, 0.25) is 0 Å². The van der Waals surface area contributed by atoms with Crippen molar-refractivity contribution in [3.05, 3.63) is 94.6 Å². The number of nitrogens with zero attached hydrogens (tertiary/aromatic N) is 1. The van der Waals surface area contributed by atoms with E-state index in [1.165, 1.54) is 4.90 Å². The van der Waals surface area contributed by atoms with Gasteiger partial charge in [-0.2, -0.15) is 0 Å². The van der Waals surface area contributed by atoms with Gasteiger partial charge in [0.15, 0.2) is 0 Å². The quantitative estimate of drug-likeness (QED) is 0.281. The number of aryl methyl sites for hydroxylation is 1. The largest absolute Gasteiger partial charge is 0.507 e. The van der Waals surface area contributed by atoms with Crippen molar-refractivity contribution in [2.45, 2.75) is 33.2 Å². The first-order valence-electron chi connectivity index (χ1n) is 12.2. The van der Waals surface area contributed by atoms with Gasteiger partial charge in [-0.15, -0.1) is 0 Å². The molecule has 1 N–H and O–H groups in total. The van der Waals surface area contributed by atoms with Crippen LogP contribution in [0.1, 0.15) is 42.1 Å². The van der Waals surface area contributed by atoms with Crippen molar-refractivity contribution in [2.24, 2.45) is 5.92 Å². The number of amides is 1. The Morgan fingerprint density at radius 3 is 2.58 bits per heavy atom. The molecule has 1 atom stereocenters. The second-order valence-corrected chi connectivity index (χ2v) is 9.70. The fraction of sp³-hybridized carbons (Fsp3) is 0.267. The Balaban J connectivity index is 1.63. The lowest BCUT2D eigenvalue weighted by Gasteiger charge is -2.26. The minimum absolute atomic E-state index is 0.0659. The highest BCUT2D eigenvalue weighted by molar-refractivity contribution is 6.51. The van der Waals surface area contributed by atoms with Crippen molar-refractivity contribution in [2.75, 3.05) is 18.1 Å². The zero-order chi connectivity index (χ0) is 25.4. The number of fused-ring (bicyclic) bond motifs is 1. The molecule has 6 nitrogen and oxygen atoms in total. The van der Waals surface area contributed by atoms with Crippen LogP contribution in [0.2, 0.25) is 0 Å². The Bertz CT molecular complexity index is 1360. The first-order valence-corrected chi connectivity index (χ1v) is 12.2. The number of carbonyl (C=O) groups excluding carboxylic acids is 2. The number of aliphatic hydroxyl groups excluding tert-OH is 1. The summed E-state index contributed by atoms with van der Waals surface area (Å²) in [5.74, 6) is 0.297. The summed E-state index contributed by atoms with van der Waals surface area (Å²) >= 11 is 0. The molecule has 0 saturated carbocycles. The van der Waals surface area contributed by atoms with Gasteiger partial charge < -0.3 is 14.6 Å². The monoisotopic (exact) mass is 483 g/mol. The molecule has 0 aromatic heterocycles. The number of ketones is 1. The topological polar surface area (TPSA) is 76.1 Å². The molecule has 1 amide bonds. The predicted octanol–water partition coefficient (Wildman–Crippen LogP) is 5.59. The number of anilines is 1. The molecule has 5 rings (SSSR count). The van der Waals surface area contributed by atoms with Crippen LogP contribution in [0.3, 0.4) is 0 Å². The second kappa shape index (κ2) is 9.53. The van der Waals surface area contributed by atoms with E-state index < -0.39 is 17.7 Å². The lowest BCUT2D eigenvalue weighted by atomic mass is 9.94. The van der Waals surface area contributed by atoms with E-state index in [0.29, 0.717) is 41.7 Å². The Morgan fingerprint density at radius 1 is 1.08 bits per heavy atom. The highest BCUT2D eigenvalue weighted by Gasteiger charge is 2.47. The lowest BCUT2D eigenvalue weighted by molar-refractivity contribution is -0.132. The van der Waals surface area contributed by atoms with Crippen molar-refractivity contribution in [3.63, 3.8) is 0 Å². The molecule has 6 heteroatoms. The van der Waals surface area contributed by atoms with E-state index in [4.69, 9.17) is 9.47 Å². The highest BCUT2D eigenvalue weighted by Crippen LogP contribution is 2.43. The average molecular weight is 484 g/mol. The second-order valence-electron chi connectivity index (χ2n) is 9.70. The fourth-order valence-corrected chi connectivity index (χ4v) is 4.69. The molecule has 3 aromatic rings. The number of Topliss-reactive ketones (excluding diaryl/α,β-unsaturated/α-hetero) is 1. The van der Waals surface area contributed by atoms with Crippen LogP contribution < -0.4 is 14.4 Å². The maximum atomic E-state index is 13.4. The summed E-state index contributed by atoms with van der Waals surface area (Å²) in [6, 6.07) is 19.4. The van der Waals surface area contributed by atoms with Gasteiger partial charge in [0, 0.05) is 17.7 Å². The maximum absolute atomic E-state index is 13.4. The van der Waals surface area contributed by atoms with Gasteiger partial charge in [-0.25, -0.2) is 0 Å². The smallest absolute Gasteiger partial charge is 0.300 e. The Morgan fingerprint density at radius 2 is 1.86 bits per heavy atom. The van der Waals surface area contributed by atoms with E-state index in [-0.39, 0.29) is 11.3 Å². The molecule has 0 aliphatic carbocycles. The molecule has 0 bridgehead atoms. The third-order valence-corrected chi connectivity index (χ3v) is 6.47. The number of benzene rings is 3. The number of hydrogen-bond donors (Lipinski definition) is 1. The highest BCUT2D eigenvalue weighted by atomic mass is 16.5. The number of ether oxygens (including phenoxy) is 2. The molecule has 0 spiro atoms. The molecule has 184 valence electrons. The fourth-order valence-electron chi connectivity index (χ4n) is 4.69. The summed E-state index contributed by atoms with van der Waals surface area (Å²) < 4.78 is 11.4. The van der Waals surface area contributed by atoms with E-state index in [9.17, 15) is 14.7 Å². The van der Waals surface area contributed by atoms with Gasteiger partial charge in [-0.05, 0) is 72.0 Å². The molecule has 1 unspecified atom stereocenters. The van der Waals surface area contributed by atoms with Crippen molar-refractivity contribution >= 4 is 23.1 Å². The van der Waals surface area contributed by atoms with Crippen molar-refractivity contribution in [1.82, 2.24) is 0 Å². The molecule has 3 aromatic carbocycles. The van der Waals surface area contributed by atoms with Crippen LogP contribution >= 0.6 is 0 Å². The molecular weight excluding hydrogens is 454 g/mol. The van der Waals surface area contributed by atoms with Gasteiger partial charge >= 0.3 is 0 Å². The average Bonchev–Trinajstić information content (AvgIpc) is 3.44. The SMILES string of the molecule is Cc1cccc(N2C(=O)C(=O)/C(=C(\O)c3ccc4c(c3)CCO4)C2c2ccc(OCC(C)C)cc2)c1. The normalized spacial score (nSPS) is 18.4. The van der Waals surface area contributed by atoms with Gasteiger partial charge in [-0.1, -0.05) is 38.1 Å². The zero-order valence-corrected chi connectivity index (χ0v) is 20.7. The van der Waals surface area contributed by atoms with E-state index in [1.807, 2.05) is 55.5 Å². The molecule has 0 radical (unpaired) electrons. The van der Waals surface area contributed by atoms with Crippen LogP contribution in [-0.4, -0.2) is 30.0 Å². The van der Waals surface area contributed by atoms with Crippen LogP contribution in [0.25, 0.3) is 5.76 Å². The van der Waals surface area contributed by atoms with Crippen molar-refractivity contribution in [1.29, 1.82) is 0 Å². The summed E-state index contributed by atoms with van der Waals surface area (Å²) in [6.07, 6.45) is 0.731. The predicted molar refractivity (Wildman–Crippen MR) is 138 cm³/mol. The van der Waals surface area contributed by atoms with E-state index >= 15 is 0 Å². The molecule has 1 fully saturated rings. The summed E-state index contributed by atoms with van der Waals surface area (Å²) in [6.45, 7) is 7.26. The Hall–Kier alpha value is -4.06. The minimum atomic E-state index is -0.782. The van der Waals surface area contributed by atoms with Crippen molar-refractivity contribution in [3.8, 4) is 11.5 Å². The standard InChI is InChI=1S/C30H29NO5/c1-18(2)17-36-24-10-7-20(8-11-24)27-26(28(32)22-9-12-25-21(16-22)13-14-35-25)29(33)30(34)31(27)23-6-4-5-19(3)15-23/h4-12,15-16,18,27,32H,13-14,17H2,1-3H3/b28-26-. The Labute approximate surface area is 210 Å². The van der Waals surface area contributed by atoms with Gasteiger partial charge in [0.1, 0.15) is 17.3 Å². The molecule has 1 saturated heterocycles. The van der Waals surface area contributed by atoms with Gasteiger partial charge in [-0.3, -0.25) is 14.5 Å². The molecular formula is C30H29NO5. The van der Waals surface area contributed by atoms with Crippen LogP contribution in [0.4, 0.5) is 5.69 Å². The van der Waals surface area contributed by atoms with Gasteiger partial charge in [0.05, 0.1) is 24.8 Å². The van der Waals surface area contributed by atoms with Crippen molar-refractivity contribution < 1.29 is 24.2 Å². The first kappa shape index (κ1) is 23.7. The van der Waals surface area contributed by atoms with E-state index in [1.54, 1.807) is 18.2 Å². The third kappa shape index (κ3) is 4.35. The summed E-state index contributed by atoms with van der Waals surface area (Å²) in [5.41, 5.74) is 3.79. The molecule has 2 aliphatic heterocycles. The summed E-state index contributed by atoms with van der Waals surface area (Å²) in [4.78, 5) is 28.2. The minimum Gasteiger partial charge on any atom is -0.507 e. The van der Waals surface area contributed by atoms with Crippen LogP contribution in [0.15, 0.2) is 72.3 Å². The van der Waals surface area contributed by atoms with Crippen LogP contribution in [0, 0.1) is 12.8 Å². The van der Waals surface area contributed by atoms with E-state index in [2.05, 4.69) is 13.8 Å². The number of hydrogen-bond acceptors (Lipinski definition) is 5. The lowest BCUT2D eigenvalue weighted by Crippen LogP contribution is -2.29.